The van der Waals surface area contributed by atoms with Crippen molar-refractivity contribution in [3.63, 3.8) is 0 Å². The van der Waals surface area contributed by atoms with Gasteiger partial charge in [0, 0.05) is 19.1 Å². The van der Waals surface area contributed by atoms with E-state index in [1.165, 1.54) is 0 Å². The molecule has 1 heterocycles. The lowest BCUT2D eigenvalue weighted by atomic mass is 10.3. The van der Waals surface area contributed by atoms with Crippen LogP contribution >= 0.6 is 0 Å². The van der Waals surface area contributed by atoms with Crippen LogP contribution in [-0.4, -0.2) is 56.4 Å². The van der Waals surface area contributed by atoms with Crippen LogP contribution < -0.4 is 5.32 Å². The van der Waals surface area contributed by atoms with E-state index in [2.05, 4.69) is 19.2 Å². The Labute approximate surface area is 111 Å². The van der Waals surface area contributed by atoms with E-state index in [0.717, 1.165) is 6.54 Å². The van der Waals surface area contributed by atoms with Crippen molar-refractivity contribution >= 4 is 10.0 Å². The van der Waals surface area contributed by atoms with Crippen molar-refractivity contribution in [2.45, 2.75) is 52.4 Å². The molecule has 0 aromatic carbocycles. The molecule has 1 fully saturated rings. The number of morpholine rings is 1. The SMILES string of the molecule is CC(C)NCCCS(=O)(=O)N1CC(C)OC(C)C1. The molecule has 0 amide bonds. The highest BCUT2D eigenvalue weighted by molar-refractivity contribution is 7.89. The van der Waals surface area contributed by atoms with Gasteiger partial charge in [0.1, 0.15) is 0 Å². The van der Waals surface area contributed by atoms with Crippen LogP contribution in [0.4, 0.5) is 0 Å². The lowest BCUT2D eigenvalue weighted by Gasteiger charge is -2.34. The number of nitrogens with one attached hydrogen (secondary N) is 1. The van der Waals surface area contributed by atoms with Crippen LogP contribution in [0.15, 0.2) is 0 Å². The van der Waals surface area contributed by atoms with Gasteiger partial charge >= 0.3 is 0 Å². The van der Waals surface area contributed by atoms with Crippen LogP contribution in [0.25, 0.3) is 0 Å². The van der Waals surface area contributed by atoms with Gasteiger partial charge in [0.25, 0.3) is 0 Å². The first kappa shape index (κ1) is 15.9. The molecular formula is C12H26N2O3S. The Morgan fingerprint density at radius 2 is 1.83 bits per heavy atom. The average molecular weight is 278 g/mol. The van der Waals surface area contributed by atoms with Gasteiger partial charge in [0.05, 0.1) is 18.0 Å². The molecule has 1 saturated heterocycles. The Morgan fingerprint density at radius 1 is 1.28 bits per heavy atom. The Hall–Kier alpha value is -0.170. The van der Waals surface area contributed by atoms with Crippen molar-refractivity contribution in [2.75, 3.05) is 25.4 Å². The van der Waals surface area contributed by atoms with Gasteiger partial charge in [-0.1, -0.05) is 13.8 Å². The predicted octanol–water partition coefficient (Wildman–Crippen LogP) is 0.814. The molecule has 0 aliphatic carbocycles. The molecule has 1 N–H and O–H groups in total. The third-order valence-corrected chi connectivity index (χ3v) is 4.80. The summed E-state index contributed by atoms with van der Waals surface area (Å²) in [5, 5.41) is 3.23. The molecule has 2 atom stereocenters. The summed E-state index contributed by atoms with van der Waals surface area (Å²) >= 11 is 0. The average Bonchev–Trinajstić information content (AvgIpc) is 2.23. The minimum atomic E-state index is -3.13. The smallest absolute Gasteiger partial charge is 0.214 e. The molecule has 5 nitrogen and oxygen atoms in total. The fourth-order valence-corrected chi connectivity index (χ4v) is 3.77. The van der Waals surface area contributed by atoms with E-state index in [1.807, 2.05) is 13.8 Å². The number of nitrogens with zero attached hydrogens (tertiary/aromatic N) is 1. The number of rotatable bonds is 6. The molecule has 6 heteroatoms. The van der Waals surface area contributed by atoms with Gasteiger partial charge < -0.3 is 10.1 Å². The molecule has 0 saturated carbocycles. The van der Waals surface area contributed by atoms with Gasteiger partial charge in [-0.3, -0.25) is 0 Å². The molecular weight excluding hydrogens is 252 g/mol. The van der Waals surface area contributed by atoms with Gasteiger partial charge in [-0.15, -0.1) is 0 Å². The van der Waals surface area contributed by atoms with Crippen LogP contribution in [0.1, 0.15) is 34.1 Å². The fourth-order valence-electron chi connectivity index (χ4n) is 2.13. The van der Waals surface area contributed by atoms with Gasteiger partial charge in [0.2, 0.25) is 10.0 Å². The van der Waals surface area contributed by atoms with E-state index in [1.54, 1.807) is 4.31 Å². The summed E-state index contributed by atoms with van der Waals surface area (Å²) in [6, 6.07) is 0.399. The molecule has 18 heavy (non-hydrogen) atoms. The van der Waals surface area contributed by atoms with E-state index < -0.39 is 10.0 Å². The lowest BCUT2D eigenvalue weighted by Crippen LogP contribution is -2.49. The van der Waals surface area contributed by atoms with Gasteiger partial charge in [0.15, 0.2) is 0 Å². The topological polar surface area (TPSA) is 58.6 Å². The van der Waals surface area contributed by atoms with Crippen LogP contribution in [0.5, 0.6) is 0 Å². The molecule has 2 unspecified atom stereocenters. The Balaban J connectivity index is 2.42. The van der Waals surface area contributed by atoms with Crippen molar-refractivity contribution in [3.8, 4) is 0 Å². The zero-order valence-electron chi connectivity index (χ0n) is 11.8. The lowest BCUT2D eigenvalue weighted by molar-refractivity contribution is -0.0440. The highest BCUT2D eigenvalue weighted by Gasteiger charge is 2.30. The Morgan fingerprint density at radius 3 is 2.33 bits per heavy atom. The summed E-state index contributed by atoms with van der Waals surface area (Å²) in [6.45, 7) is 9.64. The van der Waals surface area contributed by atoms with E-state index in [-0.39, 0.29) is 18.0 Å². The molecule has 108 valence electrons. The maximum absolute atomic E-state index is 12.2. The highest BCUT2D eigenvalue weighted by atomic mass is 32.2. The van der Waals surface area contributed by atoms with Gasteiger partial charge in [-0.25, -0.2) is 8.42 Å². The van der Waals surface area contributed by atoms with Crippen LogP contribution in [0.2, 0.25) is 0 Å². The number of hydrogen-bond donors (Lipinski definition) is 1. The second kappa shape index (κ2) is 6.84. The molecule has 0 radical (unpaired) electrons. The second-order valence-corrected chi connectivity index (χ2v) is 7.44. The second-order valence-electron chi connectivity index (χ2n) is 5.35. The molecule has 0 aromatic rings. The summed E-state index contributed by atoms with van der Waals surface area (Å²) in [6.07, 6.45) is 0.621. The summed E-state index contributed by atoms with van der Waals surface area (Å²) in [7, 11) is -3.13. The molecule has 0 bridgehead atoms. The van der Waals surface area contributed by atoms with E-state index in [9.17, 15) is 8.42 Å². The first-order valence-corrected chi connectivity index (χ1v) is 8.29. The predicted molar refractivity (Wildman–Crippen MR) is 73.1 cm³/mol. The number of hydrogen-bond acceptors (Lipinski definition) is 4. The van der Waals surface area contributed by atoms with Crippen LogP contribution in [0.3, 0.4) is 0 Å². The molecule has 1 rings (SSSR count). The van der Waals surface area contributed by atoms with Crippen molar-refractivity contribution < 1.29 is 13.2 Å². The highest BCUT2D eigenvalue weighted by Crippen LogP contribution is 2.15. The minimum absolute atomic E-state index is 0.0164. The summed E-state index contributed by atoms with van der Waals surface area (Å²) in [5.74, 6) is 0.214. The van der Waals surface area contributed by atoms with E-state index in [4.69, 9.17) is 4.74 Å². The van der Waals surface area contributed by atoms with Gasteiger partial charge in [-0.05, 0) is 26.8 Å². The summed E-state index contributed by atoms with van der Waals surface area (Å²) < 4.78 is 31.4. The fraction of sp³-hybridized carbons (Fsp3) is 1.00. The maximum atomic E-state index is 12.2. The number of ether oxygens (including phenoxy) is 1. The van der Waals surface area contributed by atoms with Crippen molar-refractivity contribution in [1.29, 1.82) is 0 Å². The summed E-state index contributed by atoms with van der Waals surface area (Å²) in [5.41, 5.74) is 0. The first-order valence-electron chi connectivity index (χ1n) is 6.68. The zero-order chi connectivity index (χ0) is 13.8. The Bertz CT molecular complexity index is 333. The largest absolute Gasteiger partial charge is 0.373 e. The Kier molecular flexibility index (Phi) is 6.04. The molecule has 0 aromatic heterocycles. The quantitative estimate of drug-likeness (QED) is 0.731. The maximum Gasteiger partial charge on any atom is 0.214 e. The zero-order valence-corrected chi connectivity index (χ0v) is 12.7. The van der Waals surface area contributed by atoms with E-state index in [0.29, 0.717) is 25.6 Å². The first-order chi connectivity index (χ1) is 8.31. The third-order valence-electron chi connectivity index (χ3n) is 2.91. The normalized spacial score (nSPS) is 26.7. The minimum Gasteiger partial charge on any atom is -0.373 e. The van der Waals surface area contributed by atoms with Crippen LogP contribution in [-0.2, 0) is 14.8 Å². The monoisotopic (exact) mass is 278 g/mol. The van der Waals surface area contributed by atoms with Crippen molar-refractivity contribution in [3.05, 3.63) is 0 Å². The molecule has 1 aliphatic rings. The van der Waals surface area contributed by atoms with Crippen LogP contribution in [0, 0.1) is 0 Å². The van der Waals surface area contributed by atoms with Crippen molar-refractivity contribution in [1.82, 2.24) is 9.62 Å². The van der Waals surface area contributed by atoms with E-state index >= 15 is 0 Å². The molecule has 0 spiro atoms. The standard InChI is InChI=1S/C12H26N2O3S/c1-10(2)13-6-5-7-18(15,16)14-8-11(3)17-12(4)9-14/h10-13H,5-9H2,1-4H3. The summed E-state index contributed by atoms with van der Waals surface area (Å²) in [4.78, 5) is 0. The van der Waals surface area contributed by atoms with Gasteiger partial charge in [-0.2, -0.15) is 4.31 Å². The number of sulfonamides is 1. The third kappa shape index (κ3) is 5.22. The molecule has 1 aliphatic heterocycles. The van der Waals surface area contributed by atoms with Crippen molar-refractivity contribution in [2.24, 2.45) is 0 Å².